The van der Waals surface area contributed by atoms with Crippen LogP contribution in [-0.2, 0) is 27.9 Å². The van der Waals surface area contributed by atoms with Gasteiger partial charge in [0.25, 0.3) is 0 Å². The number of carbonyl (C=O) groups is 1. The van der Waals surface area contributed by atoms with Crippen molar-refractivity contribution in [2.75, 3.05) is 33.0 Å². The van der Waals surface area contributed by atoms with Crippen LogP contribution in [0.3, 0.4) is 0 Å². The van der Waals surface area contributed by atoms with E-state index in [1.165, 1.54) is 103 Å². The van der Waals surface area contributed by atoms with Crippen LogP contribution in [0.15, 0.2) is 60.8 Å². The smallest absolute Gasteiger partial charge is 0.457 e. The summed E-state index contributed by atoms with van der Waals surface area (Å²) < 4.78 is 33.2. The molecule has 320 valence electrons. The first-order valence-corrected chi connectivity index (χ1v) is 23.3. The van der Waals surface area contributed by atoms with Gasteiger partial charge in [-0.1, -0.05) is 190 Å². The molecule has 9 nitrogen and oxygen atoms in total. The van der Waals surface area contributed by atoms with Crippen molar-refractivity contribution in [1.29, 1.82) is 0 Å². The van der Waals surface area contributed by atoms with E-state index in [4.69, 9.17) is 23.6 Å². The Morgan fingerprint density at radius 1 is 0.564 bits per heavy atom. The van der Waals surface area contributed by atoms with Crippen LogP contribution in [-0.4, -0.2) is 66.3 Å². The highest BCUT2D eigenvalue weighted by Gasteiger charge is 2.26. The summed E-state index contributed by atoms with van der Waals surface area (Å²) in [5, 5.41) is 18.3. The fourth-order valence-electron chi connectivity index (χ4n) is 5.73. The minimum absolute atomic E-state index is 0.00964. The van der Waals surface area contributed by atoms with Gasteiger partial charge in [0.05, 0.1) is 32.8 Å². The summed E-state index contributed by atoms with van der Waals surface area (Å²) in [6.45, 7) is 3.28. The van der Waals surface area contributed by atoms with Crippen molar-refractivity contribution in [3.05, 3.63) is 60.8 Å². The van der Waals surface area contributed by atoms with Gasteiger partial charge in [-0.15, -0.1) is 0 Å². The van der Waals surface area contributed by atoms with Crippen molar-refractivity contribution in [1.82, 2.24) is 0 Å². The molecule has 0 aliphatic rings. The molecule has 0 spiro atoms. The number of hydrogen-bond donors (Lipinski definition) is 3. The van der Waals surface area contributed by atoms with E-state index in [0.29, 0.717) is 13.0 Å². The maximum Gasteiger partial charge on any atom is 0.472 e. The lowest BCUT2D eigenvalue weighted by molar-refractivity contribution is -0.153. The molecule has 0 radical (unpaired) electrons. The molecule has 0 aromatic carbocycles. The van der Waals surface area contributed by atoms with E-state index in [-0.39, 0.29) is 13.0 Å². The fraction of sp³-hybridized carbons (Fsp3) is 0.756. The second-order valence-corrected chi connectivity index (χ2v) is 15.8. The number of aliphatic hydroxyl groups is 2. The topological polar surface area (TPSA) is 132 Å². The first-order chi connectivity index (χ1) is 26.8. The van der Waals surface area contributed by atoms with Gasteiger partial charge < -0.3 is 24.6 Å². The van der Waals surface area contributed by atoms with E-state index >= 15 is 0 Å². The Kier molecular flexibility index (Phi) is 40.4. The van der Waals surface area contributed by atoms with Crippen molar-refractivity contribution in [2.45, 2.75) is 187 Å². The number of aliphatic hydroxyl groups excluding tert-OH is 2. The Balaban J connectivity index is 4.25. The highest BCUT2D eigenvalue weighted by molar-refractivity contribution is 7.47. The Morgan fingerprint density at radius 3 is 1.40 bits per heavy atom. The lowest BCUT2D eigenvalue weighted by atomic mass is 10.0. The number of unbranched alkanes of at least 4 members (excludes halogenated alkanes) is 18. The summed E-state index contributed by atoms with van der Waals surface area (Å²) in [6.07, 6.45) is 47.9. The van der Waals surface area contributed by atoms with Gasteiger partial charge in [-0.05, 0) is 38.5 Å². The van der Waals surface area contributed by atoms with Crippen molar-refractivity contribution in [3.63, 3.8) is 0 Å². The Hall–Kier alpha value is -1.84. The van der Waals surface area contributed by atoms with E-state index in [2.05, 4.69) is 56.4 Å². The molecule has 55 heavy (non-hydrogen) atoms. The molecule has 0 saturated carbocycles. The molecule has 0 rings (SSSR count). The van der Waals surface area contributed by atoms with Crippen LogP contribution in [0.4, 0.5) is 0 Å². The minimum Gasteiger partial charge on any atom is -0.457 e. The third-order valence-electron chi connectivity index (χ3n) is 9.00. The predicted molar refractivity (Wildman–Crippen MR) is 228 cm³/mol. The van der Waals surface area contributed by atoms with Crippen LogP contribution in [0.25, 0.3) is 0 Å². The molecule has 0 amide bonds. The summed E-state index contributed by atoms with van der Waals surface area (Å²) in [5.41, 5.74) is 0. The van der Waals surface area contributed by atoms with E-state index in [1.54, 1.807) is 6.08 Å². The molecule has 3 N–H and O–H groups in total. The van der Waals surface area contributed by atoms with Crippen LogP contribution in [0.1, 0.15) is 174 Å². The zero-order valence-electron chi connectivity index (χ0n) is 34.9. The Labute approximate surface area is 336 Å². The Bertz CT molecular complexity index is 1040. The first-order valence-electron chi connectivity index (χ1n) is 21.8. The standard InChI is InChI=1S/C45H81O9P/c1-3-5-7-9-11-13-15-17-19-20-21-22-24-26-28-30-32-34-36-38-51-41-44(42-53-55(49,50)52-40-43(47)39-46)54-45(48)37-35-33-31-29-27-25-23-18-16-14-12-10-8-6-4-2/h6,8,12,14,18,23,27,29,33,35,43-44,46-47H,3-5,7,9-11,13,15-17,19-22,24-26,28,30-32,34,36-42H2,1-2H3,(H,49,50)/b8-6-,14-12-,23-18-,29-27-,35-33-. The second kappa shape index (κ2) is 41.8. The molecule has 3 atom stereocenters. The zero-order chi connectivity index (χ0) is 40.3. The monoisotopic (exact) mass is 797 g/mol. The molecule has 0 fully saturated rings. The summed E-state index contributed by atoms with van der Waals surface area (Å²) in [4.78, 5) is 22.5. The van der Waals surface area contributed by atoms with Crippen molar-refractivity contribution in [2.24, 2.45) is 0 Å². The second-order valence-electron chi connectivity index (χ2n) is 14.4. The molecule has 0 aliphatic carbocycles. The van der Waals surface area contributed by atoms with E-state index in [9.17, 15) is 19.4 Å². The van der Waals surface area contributed by atoms with Gasteiger partial charge in [-0.25, -0.2) is 4.57 Å². The van der Waals surface area contributed by atoms with E-state index < -0.39 is 45.8 Å². The van der Waals surface area contributed by atoms with E-state index in [1.807, 2.05) is 12.2 Å². The Morgan fingerprint density at radius 2 is 0.964 bits per heavy atom. The molecule has 0 bridgehead atoms. The fourth-order valence-corrected chi connectivity index (χ4v) is 6.51. The average Bonchev–Trinajstić information content (AvgIpc) is 3.18. The third-order valence-corrected chi connectivity index (χ3v) is 9.95. The van der Waals surface area contributed by atoms with Crippen LogP contribution >= 0.6 is 7.82 Å². The SMILES string of the molecule is CC/C=C\C/C=C\C/C=C\C/C=C\C/C=C\CC(=O)OC(COCCCCCCCCCCCCCCCCCCCCC)COP(=O)(O)OCC(O)CO. The largest absolute Gasteiger partial charge is 0.472 e. The molecule has 0 saturated heterocycles. The van der Waals surface area contributed by atoms with Gasteiger partial charge in [0, 0.05) is 6.61 Å². The number of phosphoric ester groups is 1. The van der Waals surface area contributed by atoms with Crippen LogP contribution in [0.2, 0.25) is 0 Å². The van der Waals surface area contributed by atoms with Crippen LogP contribution in [0.5, 0.6) is 0 Å². The molecule has 0 heterocycles. The van der Waals surface area contributed by atoms with Gasteiger partial charge in [0.2, 0.25) is 0 Å². The van der Waals surface area contributed by atoms with Gasteiger partial charge in [0.1, 0.15) is 12.2 Å². The molecular weight excluding hydrogens is 715 g/mol. The average molecular weight is 797 g/mol. The van der Waals surface area contributed by atoms with Crippen molar-refractivity contribution in [3.8, 4) is 0 Å². The number of allylic oxidation sites excluding steroid dienone is 9. The summed E-state index contributed by atoms with van der Waals surface area (Å²) in [5.74, 6) is -0.508. The highest BCUT2D eigenvalue weighted by Crippen LogP contribution is 2.43. The van der Waals surface area contributed by atoms with Crippen LogP contribution < -0.4 is 0 Å². The third kappa shape index (κ3) is 41.6. The first kappa shape index (κ1) is 53.2. The normalized spacial score (nSPS) is 14.6. The molecule has 0 aromatic heterocycles. The highest BCUT2D eigenvalue weighted by atomic mass is 31.2. The molecule has 3 unspecified atom stereocenters. The minimum atomic E-state index is -4.54. The number of rotatable bonds is 41. The molecule has 10 heteroatoms. The van der Waals surface area contributed by atoms with Gasteiger partial charge in [-0.3, -0.25) is 13.8 Å². The van der Waals surface area contributed by atoms with Gasteiger partial charge in [-0.2, -0.15) is 0 Å². The number of phosphoric acid groups is 1. The zero-order valence-corrected chi connectivity index (χ0v) is 35.8. The van der Waals surface area contributed by atoms with E-state index in [0.717, 1.165) is 44.9 Å². The predicted octanol–water partition coefficient (Wildman–Crippen LogP) is 12.0. The van der Waals surface area contributed by atoms with Crippen LogP contribution in [0, 0.1) is 0 Å². The molecular formula is C45H81O9P. The number of ether oxygens (including phenoxy) is 2. The van der Waals surface area contributed by atoms with Gasteiger partial charge >= 0.3 is 13.8 Å². The summed E-state index contributed by atoms with van der Waals surface area (Å²) in [7, 11) is -4.54. The quantitative estimate of drug-likeness (QED) is 0.0239. The van der Waals surface area contributed by atoms with Gasteiger partial charge in [0.15, 0.2) is 0 Å². The lowest BCUT2D eigenvalue weighted by Gasteiger charge is -2.20. The lowest BCUT2D eigenvalue weighted by Crippen LogP contribution is -2.28. The van der Waals surface area contributed by atoms with Crippen molar-refractivity contribution >= 4 is 13.8 Å². The summed E-state index contributed by atoms with van der Waals surface area (Å²) in [6, 6.07) is 0. The molecule has 0 aromatic rings. The number of esters is 1. The maximum absolute atomic E-state index is 12.5. The van der Waals surface area contributed by atoms with Crippen molar-refractivity contribution < 1.29 is 43.0 Å². The summed E-state index contributed by atoms with van der Waals surface area (Å²) >= 11 is 0. The number of carbonyl (C=O) groups excluding carboxylic acids is 1. The maximum atomic E-state index is 12.5. The number of hydrogen-bond acceptors (Lipinski definition) is 8. The molecule has 0 aliphatic heterocycles.